The van der Waals surface area contributed by atoms with E-state index in [0.29, 0.717) is 6.41 Å². The molecule has 180 valence electrons. The van der Waals surface area contributed by atoms with Crippen molar-refractivity contribution in [2.24, 2.45) is 10.9 Å². The molecule has 1 aromatic rings. The number of fused-ring (bicyclic) bond motifs is 1. The number of hydrogen-bond acceptors (Lipinski definition) is 11. The summed E-state index contributed by atoms with van der Waals surface area (Å²) in [6.45, 7) is -0.367. The first kappa shape index (κ1) is 23.5. The topological polar surface area (TPSA) is 203 Å². The van der Waals surface area contributed by atoms with Crippen molar-refractivity contribution in [1.29, 1.82) is 0 Å². The summed E-state index contributed by atoms with van der Waals surface area (Å²) in [4.78, 5) is 69.6. The highest BCUT2D eigenvalue weighted by Gasteiger charge is 2.54. The van der Waals surface area contributed by atoms with E-state index in [1.165, 1.54) is 17.1 Å². The number of anilines is 1. The summed E-state index contributed by atoms with van der Waals surface area (Å²) >= 11 is 2.27. The number of carboxylic acids is 1. The minimum Gasteiger partial charge on any atom is -0.477 e. The number of ether oxygens (including phenoxy) is 1. The number of hydrogen-bond donors (Lipinski definition) is 4. The molecule has 1 saturated carbocycles. The zero-order chi connectivity index (χ0) is 24.4. The number of thioether (sulfide) groups is 1. The van der Waals surface area contributed by atoms with E-state index in [2.05, 4.69) is 25.5 Å². The Hall–Kier alpha value is -3.66. The third-order valence-electron chi connectivity index (χ3n) is 4.89. The Balaban J connectivity index is 1.50. The smallest absolute Gasteiger partial charge is 0.404 e. The number of carbonyl (C=O) groups is 5. The summed E-state index contributed by atoms with van der Waals surface area (Å²) in [5.74, 6) is -2.62. The van der Waals surface area contributed by atoms with Gasteiger partial charge in [0.2, 0.25) is 6.41 Å². The molecule has 2 aliphatic heterocycles. The van der Waals surface area contributed by atoms with Crippen LogP contribution in [0.5, 0.6) is 0 Å². The number of carbonyl (C=O) groups excluding carboxylic acids is 4. The van der Waals surface area contributed by atoms with Gasteiger partial charge in [-0.25, -0.2) is 14.6 Å². The van der Waals surface area contributed by atoms with Gasteiger partial charge >= 0.3 is 12.1 Å². The summed E-state index contributed by atoms with van der Waals surface area (Å²) in [6.07, 6.45) is 0.868. The van der Waals surface area contributed by atoms with E-state index in [9.17, 15) is 29.1 Å². The summed E-state index contributed by atoms with van der Waals surface area (Å²) in [6, 6.07) is -1.03. The van der Waals surface area contributed by atoms with Crippen LogP contribution in [0.4, 0.5) is 9.93 Å². The highest BCUT2D eigenvalue weighted by Crippen LogP contribution is 2.40. The molecule has 4 amide bonds. The number of nitrogens with two attached hydrogens (primary N) is 1. The highest BCUT2D eigenvalue weighted by atomic mass is 32.2. The Labute approximate surface area is 199 Å². The number of nitrogens with one attached hydrogen (secondary N) is 2. The van der Waals surface area contributed by atoms with E-state index in [4.69, 9.17) is 10.6 Å². The molecule has 0 unspecified atom stereocenters. The SMILES string of the molecule is NC(=O)OCC1=C(C(=O)O)N2C(=O)[C@@H](NC(=O)/C(=N\OC3CC3)c3csc(NC=O)n3)[C@H]2SC1. The Morgan fingerprint density at radius 2 is 2.15 bits per heavy atom. The van der Waals surface area contributed by atoms with Crippen molar-refractivity contribution in [3.8, 4) is 0 Å². The number of thiazole rings is 1. The van der Waals surface area contributed by atoms with E-state index in [0.717, 1.165) is 29.1 Å². The molecular weight excluding hydrogens is 492 g/mol. The van der Waals surface area contributed by atoms with Gasteiger partial charge < -0.3 is 31.0 Å². The maximum atomic E-state index is 13.0. The van der Waals surface area contributed by atoms with Gasteiger partial charge in [-0.15, -0.1) is 23.1 Å². The average Bonchev–Trinajstić information content (AvgIpc) is 3.52. The number of carboxylic acid groups (broad SMARTS) is 1. The minimum absolute atomic E-state index is 0.104. The molecule has 0 spiro atoms. The number of rotatable bonds is 10. The molecule has 1 aromatic heterocycles. The van der Waals surface area contributed by atoms with Crippen molar-refractivity contribution in [3.05, 3.63) is 22.3 Å². The molecule has 0 bridgehead atoms. The third kappa shape index (κ3) is 4.81. The zero-order valence-electron chi connectivity index (χ0n) is 17.3. The lowest BCUT2D eigenvalue weighted by Crippen LogP contribution is -2.71. The van der Waals surface area contributed by atoms with Crippen molar-refractivity contribution < 1.29 is 38.7 Å². The van der Waals surface area contributed by atoms with E-state index >= 15 is 0 Å². The molecule has 0 aromatic carbocycles. The maximum Gasteiger partial charge on any atom is 0.404 e. The van der Waals surface area contributed by atoms with Crippen LogP contribution >= 0.6 is 23.1 Å². The Kier molecular flexibility index (Phi) is 6.69. The van der Waals surface area contributed by atoms with Crippen molar-refractivity contribution in [2.75, 3.05) is 17.7 Å². The van der Waals surface area contributed by atoms with Crippen LogP contribution in [0.15, 0.2) is 21.8 Å². The van der Waals surface area contributed by atoms with Crippen molar-refractivity contribution >= 4 is 64.2 Å². The monoisotopic (exact) mass is 510 g/mol. The van der Waals surface area contributed by atoms with E-state index in [1.807, 2.05) is 0 Å². The van der Waals surface area contributed by atoms with Gasteiger partial charge in [-0.2, -0.15) is 0 Å². The highest BCUT2D eigenvalue weighted by molar-refractivity contribution is 8.00. The standard InChI is InChI=1S/C18H18N6O8S2/c19-17(30)31-3-7-4-33-15-11(14(27)24(15)12(7)16(28)29)22-13(26)10(23-32-8-1-2-8)9-5-34-18(21-9)20-6-25/h5-6,8,11,15H,1-4H2,(H2,19,30)(H,22,26)(H,28,29)(H,20,21,25)/b23-10-/t11-,15-/m1/s1. The van der Waals surface area contributed by atoms with Crippen LogP contribution in [-0.4, -0.2) is 80.9 Å². The van der Waals surface area contributed by atoms with Crippen LogP contribution in [0.3, 0.4) is 0 Å². The van der Waals surface area contributed by atoms with Crippen molar-refractivity contribution in [2.45, 2.75) is 30.4 Å². The molecule has 3 aliphatic rings. The lowest BCUT2D eigenvalue weighted by molar-refractivity contribution is -0.150. The van der Waals surface area contributed by atoms with Crippen molar-refractivity contribution in [1.82, 2.24) is 15.2 Å². The molecule has 14 nitrogen and oxygen atoms in total. The predicted octanol–water partition coefficient (Wildman–Crippen LogP) is -0.572. The number of nitrogens with zero attached hydrogens (tertiary/aromatic N) is 3. The fourth-order valence-corrected chi connectivity index (χ4v) is 5.15. The van der Waals surface area contributed by atoms with Crippen LogP contribution in [0.25, 0.3) is 0 Å². The first-order valence-corrected chi connectivity index (χ1v) is 11.8. The lowest BCUT2D eigenvalue weighted by Gasteiger charge is -2.49. The number of aliphatic carboxylic acids is 1. The first-order valence-electron chi connectivity index (χ1n) is 9.83. The minimum atomic E-state index is -1.37. The lowest BCUT2D eigenvalue weighted by atomic mass is 10.0. The molecule has 2 atom stereocenters. The number of oxime groups is 1. The summed E-state index contributed by atoms with van der Waals surface area (Å²) in [7, 11) is 0. The summed E-state index contributed by atoms with van der Waals surface area (Å²) in [5.41, 5.74) is 4.80. The van der Waals surface area contributed by atoms with E-state index in [-0.39, 0.29) is 46.3 Å². The van der Waals surface area contributed by atoms with Gasteiger partial charge in [0.1, 0.15) is 35.5 Å². The Morgan fingerprint density at radius 3 is 2.79 bits per heavy atom. The predicted molar refractivity (Wildman–Crippen MR) is 118 cm³/mol. The van der Waals surface area contributed by atoms with Gasteiger partial charge in [0.15, 0.2) is 10.8 Å². The zero-order valence-corrected chi connectivity index (χ0v) is 18.9. The fraction of sp³-hybridized carbons (Fsp3) is 0.389. The van der Waals surface area contributed by atoms with Gasteiger partial charge in [0.05, 0.1) is 0 Å². The molecule has 34 heavy (non-hydrogen) atoms. The van der Waals surface area contributed by atoms with E-state index < -0.39 is 35.3 Å². The van der Waals surface area contributed by atoms with Gasteiger partial charge in [0, 0.05) is 16.7 Å². The normalized spacial score (nSPS) is 21.8. The third-order valence-corrected chi connectivity index (χ3v) is 7.00. The first-order chi connectivity index (χ1) is 16.3. The van der Waals surface area contributed by atoms with Crippen LogP contribution in [0, 0.1) is 0 Å². The van der Waals surface area contributed by atoms with Gasteiger partial charge in [-0.1, -0.05) is 5.16 Å². The summed E-state index contributed by atoms with van der Waals surface area (Å²) < 4.78 is 4.68. The van der Waals surface area contributed by atoms with Crippen LogP contribution in [0.2, 0.25) is 0 Å². The number of β-lactam (4-membered cyclic amide) rings is 1. The maximum absolute atomic E-state index is 13.0. The van der Waals surface area contributed by atoms with Crippen LogP contribution in [0.1, 0.15) is 18.5 Å². The second kappa shape index (κ2) is 9.68. The van der Waals surface area contributed by atoms with Crippen molar-refractivity contribution in [3.63, 3.8) is 0 Å². The number of amides is 4. The summed E-state index contributed by atoms with van der Waals surface area (Å²) in [5, 5.41) is 19.5. The second-order valence-corrected chi connectivity index (χ2v) is 9.23. The molecular formula is C18H18N6O8S2. The average molecular weight is 511 g/mol. The van der Waals surface area contributed by atoms with Gasteiger partial charge in [-0.05, 0) is 12.8 Å². The van der Waals surface area contributed by atoms with Crippen LogP contribution in [-0.2, 0) is 28.8 Å². The van der Waals surface area contributed by atoms with Crippen LogP contribution < -0.4 is 16.4 Å². The largest absolute Gasteiger partial charge is 0.477 e. The molecule has 1 saturated heterocycles. The molecule has 3 heterocycles. The number of aromatic nitrogens is 1. The number of primary amides is 1. The molecule has 0 radical (unpaired) electrons. The second-order valence-electron chi connectivity index (χ2n) is 7.27. The van der Waals surface area contributed by atoms with Gasteiger partial charge in [-0.3, -0.25) is 19.3 Å². The fourth-order valence-electron chi connectivity index (χ4n) is 3.17. The molecule has 5 N–H and O–H groups in total. The van der Waals surface area contributed by atoms with Gasteiger partial charge in [0.25, 0.3) is 11.8 Å². The molecule has 1 aliphatic carbocycles. The molecule has 16 heteroatoms. The Bertz CT molecular complexity index is 1110. The Morgan fingerprint density at radius 1 is 1.38 bits per heavy atom. The van der Waals surface area contributed by atoms with E-state index in [1.54, 1.807) is 0 Å². The molecule has 4 rings (SSSR count). The molecule has 2 fully saturated rings. The quantitative estimate of drug-likeness (QED) is 0.137.